The van der Waals surface area contributed by atoms with Gasteiger partial charge < -0.3 is 4.90 Å². The Morgan fingerprint density at radius 2 is 2.20 bits per heavy atom. The van der Waals surface area contributed by atoms with Gasteiger partial charge in [-0.25, -0.2) is 4.39 Å². The fourth-order valence-corrected chi connectivity index (χ4v) is 2.24. The standard InChI is InChI=1S/C12H15BrFN/c1-15(10-3-2-4-10)12-6-5-9(8-13)7-11(12)14/h5-7,10H,2-4,8H2,1H3. The van der Waals surface area contributed by atoms with Crippen LogP contribution in [0.4, 0.5) is 10.1 Å². The van der Waals surface area contributed by atoms with Crippen molar-refractivity contribution in [3.8, 4) is 0 Å². The van der Waals surface area contributed by atoms with E-state index in [0.717, 1.165) is 11.3 Å². The minimum Gasteiger partial charge on any atom is -0.369 e. The lowest BCUT2D eigenvalue weighted by molar-refractivity contribution is 0.398. The first kappa shape index (κ1) is 10.9. The molecule has 0 heterocycles. The van der Waals surface area contributed by atoms with Crippen LogP contribution in [0.1, 0.15) is 24.8 Å². The van der Waals surface area contributed by atoms with Crippen LogP contribution in [0.5, 0.6) is 0 Å². The summed E-state index contributed by atoms with van der Waals surface area (Å²) in [6.45, 7) is 0. The van der Waals surface area contributed by atoms with Gasteiger partial charge in [-0.2, -0.15) is 0 Å². The van der Waals surface area contributed by atoms with E-state index in [0.29, 0.717) is 11.4 Å². The molecule has 0 bridgehead atoms. The predicted octanol–water partition coefficient (Wildman–Crippen LogP) is 3.71. The van der Waals surface area contributed by atoms with Gasteiger partial charge in [-0.05, 0) is 37.0 Å². The summed E-state index contributed by atoms with van der Waals surface area (Å²) in [5.41, 5.74) is 1.71. The Morgan fingerprint density at radius 3 is 2.67 bits per heavy atom. The molecular weight excluding hydrogens is 257 g/mol. The number of benzene rings is 1. The van der Waals surface area contributed by atoms with Crippen molar-refractivity contribution in [1.82, 2.24) is 0 Å². The summed E-state index contributed by atoms with van der Waals surface area (Å²) in [5, 5.41) is 0.706. The lowest BCUT2D eigenvalue weighted by Gasteiger charge is -2.36. The second-order valence-electron chi connectivity index (χ2n) is 4.12. The Morgan fingerprint density at radius 1 is 1.47 bits per heavy atom. The zero-order valence-electron chi connectivity index (χ0n) is 8.84. The van der Waals surface area contributed by atoms with E-state index in [1.165, 1.54) is 19.3 Å². The highest BCUT2D eigenvalue weighted by atomic mass is 79.9. The average Bonchev–Trinajstić information content (AvgIpc) is 2.14. The zero-order valence-corrected chi connectivity index (χ0v) is 10.4. The summed E-state index contributed by atoms with van der Waals surface area (Å²) in [5.74, 6) is -0.110. The molecule has 1 nitrogen and oxygen atoms in total. The number of rotatable bonds is 3. The molecule has 0 unspecified atom stereocenters. The molecule has 0 aromatic heterocycles. The SMILES string of the molecule is CN(c1ccc(CBr)cc1F)C1CCC1. The molecule has 0 radical (unpaired) electrons. The molecule has 1 aliphatic carbocycles. The Balaban J connectivity index is 2.19. The quantitative estimate of drug-likeness (QED) is 0.758. The van der Waals surface area contributed by atoms with E-state index in [1.54, 1.807) is 6.07 Å². The normalized spacial score (nSPS) is 16.2. The molecule has 1 saturated carbocycles. The molecule has 2 rings (SSSR count). The predicted molar refractivity (Wildman–Crippen MR) is 65.1 cm³/mol. The molecule has 15 heavy (non-hydrogen) atoms. The monoisotopic (exact) mass is 271 g/mol. The van der Waals surface area contributed by atoms with Gasteiger partial charge in [0, 0.05) is 18.4 Å². The number of anilines is 1. The second-order valence-corrected chi connectivity index (χ2v) is 4.68. The van der Waals surface area contributed by atoms with Gasteiger partial charge in [0.1, 0.15) is 5.82 Å². The fraction of sp³-hybridized carbons (Fsp3) is 0.500. The van der Waals surface area contributed by atoms with E-state index in [2.05, 4.69) is 20.8 Å². The highest BCUT2D eigenvalue weighted by Gasteiger charge is 2.23. The van der Waals surface area contributed by atoms with Crippen molar-refractivity contribution in [1.29, 1.82) is 0 Å². The van der Waals surface area contributed by atoms with E-state index in [9.17, 15) is 4.39 Å². The first-order valence-electron chi connectivity index (χ1n) is 5.29. The molecular formula is C12H15BrFN. The molecule has 0 aliphatic heterocycles. The Hall–Kier alpha value is -0.570. The summed E-state index contributed by atoms with van der Waals surface area (Å²) < 4.78 is 13.7. The third-order valence-electron chi connectivity index (χ3n) is 3.17. The molecule has 0 saturated heterocycles. The zero-order chi connectivity index (χ0) is 10.8. The number of halogens is 2. The van der Waals surface area contributed by atoms with Crippen LogP contribution in [0, 0.1) is 5.82 Å². The molecule has 82 valence electrons. The van der Waals surface area contributed by atoms with Crippen molar-refractivity contribution in [2.45, 2.75) is 30.6 Å². The van der Waals surface area contributed by atoms with Gasteiger partial charge in [-0.3, -0.25) is 0 Å². The molecule has 0 amide bonds. The van der Waals surface area contributed by atoms with Gasteiger partial charge >= 0.3 is 0 Å². The highest BCUT2D eigenvalue weighted by Crippen LogP contribution is 2.30. The van der Waals surface area contributed by atoms with Crippen LogP contribution in [0.3, 0.4) is 0 Å². The van der Waals surface area contributed by atoms with Crippen molar-refractivity contribution >= 4 is 21.6 Å². The first-order chi connectivity index (χ1) is 7.22. The minimum absolute atomic E-state index is 0.110. The summed E-state index contributed by atoms with van der Waals surface area (Å²) >= 11 is 3.33. The van der Waals surface area contributed by atoms with Gasteiger partial charge in [-0.15, -0.1) is 0 Å². The third-order valence-corrected chi connectivity index (χ3v) is 3.82. The van der Waals surface area contributed by atoms with Crippen molar-refractivity contribution in [3.05, 3.63) is 29.6 Å². The minimum atomic E-state index is -0.110. The summed E-state index contributed by atoms with van der Waals surface area (Å²) in [4.78, 5) is 2.07. The molecule has 3 heteroatoms. The lowest BCUT2D eigenvalue weighted by Crippen LogP contribution is -2.37. The van der Waals surface area contributed by atoms with Gasteiger partial charge in [0.05, 0.1) is 5.69 Å². The maximum absolute atomic E-state index is 13.7. The third kappa shape index (κ3) is 2.17. The largest absolute Gasteiger partial charge is 0.369 e. The Labute approximate surface area is 98.4 Å². The van der Waals surface area contributed by atoms with Gasteiger partial charge in [0.25, 0.3) is 0 Å². The Kier molecular flexibility index (Phi) is 3.29. The van der Waals surface area contributed by atoms with Gasteiger partial charge in [0.15, 0.2) is 0 Å². The van der Waals surface area contributed by atoms with Crippen molar-refractivity contribution < 1.29 is 4.39 Å². The van der Waals surface area contributed by atoms with Crippen LogP contribution in [0.25, 0.3) is 0 Å². The van der Waals surface area contributed by atoms with E-state index in [4.69, 9.17) is 0 Å². The molecule has 0 spiro atoms. The molecule has 1 fully saturated rings. The van der Waals surface area contributed by atoms with Crippen molar-refractivity contribution in [2.24, 2.45) is 0 Å². The Bertz CT molecular complexity index is 349. The van der Waals surface area contributed by atoms with Crippen LogP contribution in [0.2, 0.25) is 0 Å². The number of hydrogen-bond acceptors (Lipinski definition) is 1. The van der Waals surface area contributed by atoms with Gasteiger partial charge in [-0.1, -0.05) is 22.0 Å². The number of nitrogens with zero attached hydrogens (tertiary/aromatic N) is 1. The van der Waals surface area contributed by atoms with Gasteiger partial charge in [0.2, 0.25) is 0 Å². The van der Waals surface area contributed by atoms with Crippen LogP contribution in [-0.4, -0.2) is 13.1 Å². The van der Waals surface area contributed by atoms with Crippen LogP contribution in [-0.2, 0) is 5.33 Å². The maximum Gasteiger partial charge on any atom is 0.146 e. The van der Waals surface area contributed by atoms with E-state index >= 15 is 0 Å². The molecule has 1 aromatic carbocycles. The molecule has 0 atom stereocenters. The van der Waals surface area contributed by atoms with E-state index in [1.807, 2.05) is 19.2 Å². The van der Waals surface area contributed by atoms with Crippen LogP contribution < -0.4 is 4.90 Å². The smallest absolute Gasteiger partial charge is 0.146 e. The maximum atomic E-state index is 13.7. The average molecular weight is 272 g/mol. The topological polar surface area (TPSA) is 3.24 Å². The summed E-state index contributed by atoms with van der Waals surface area (Å²) in [6, 6.07) is 6.00. The van der Waals surface area contributed by atoms with Crippen molar-refractivity contribution in [3.63, 3.8) is 0 Å². The van der Waals surface area contributed by atoms with E-state index < -0.39 is 0 Å². The number of alkyl halides is 1. The molecule has 1 aliphatic rings. The first-order valence-corrected chi connectivity index (χ1v) is 6.41. The second kappa shape index (κ2) is 4.52. The summed E-state index contributed by atoms with van der Waals surface area (Å²) in [7, 11) is 1.98. The molecule has 1 aromatic rings. The van der Waals surface area contributed by atoms with Crippen LogP contribution >= 0.6 is 15.9 Å². The van der Waals surface area contributed by atoms with Crippen molar-refractivity contribution in [2.75, 3.05) is 11.9 Å². The highest BCUT2D eigenvalue weighted by molar-refractivity contribution is 9.08. The van der Waals surface area contributed by atoms with E-state index in [-0.39, 0.29) is 5.82 Å². The molecule has 0 N–H and O–H groups in total. The van der Waals surface area contributed by atoms with Crippen LogP contribution in [0.15, 0.2) is 18.2 Å². The number of hydrogen-bond donors (Lipinski definition) is 0. The lowest BCUT2D eigenvalue weighted by atomic mass is 9.91. The summed E-state index contributed by atoms with van der Waals surface area (Å²) in [6.07, 6.45) is 3.66. The fourth-order valence-electron chi connectivity index (χ4n) is 1.89.